The summed E-state index contributed by atoms with van der Waals surface area (Å²) in [6.45, 7) is 2.38. The minimum Gasteiger partial charge on any atom is -0.486 e. The van der Waals surface area contributed by atoms with Crippen molar-refractivity contribution in [3.05, 3.63) is 44.1 Å². The highest BCUT2D eigenvalue weighted by Gasteiger charge is 2.14. The number of carbonyl (C=O) groups is 1. The largest absolute Gasteiger partial charge is 0.486 e. The van der Waals surface area contributed by atoms with Gasteiger partial charge in [-0.1, -0.05) is 6.92 Å². The van der Waals surface area contributed by atoms with Gasteiger partial charge in [-0.2, -0.15) is 5.10 Å². The van der Waals surface area contributed by atoms with Crippen molar-refractivity contribution in [3.63, 3.8) is 0 Å². The lowest BCUT2D eigenvalue weighted by molar-refractivity contribution is 0.0696. The Kier molecular flexibility index (Phi) is 5.05. The first-order valence-corrected chi connectivity index (χ1v) is 7.88. The maximum Gasteiger partial charge on any atom is 0.335 e. The highest BCUT2D eigenvalue weighted by Crippen LogP contribution is 2.28. The van der Waals surface area contributed by atoms with Crippen LogP contribution >= 0.6 is 31.9 Å². The van der Waals surface area contributed by atoms with E-state index in [-0.39, 0.29) is 5.56 Å². The van der Waals surface area contributed by atoms with Crippen molar-refractivity contribution in [2.45, 2.75) is 20.0 Å². The molecular weight excluding hydrogens is 404 g/mol. The molecule has 5 nitrogen and oxygen atoms in total. The quantitative estimate of drug-likeness (QED) is 0.803. The van der Waals surface area contributed by atoms with Gasteiger partial charge >= 0.3 is 5.97 Å². The van der Waals surface area contributed by atoms with Crippen LogP contribution in [-0.2, 0) is 20.1 Å². The van der Waals surface area contributed by atoms with E-state index in [2.05, 4.69) is 37.0 Å². The second-order valence-electron chi connectivity index (χ2n) is 4.42. The van der Waals surface area contributed by atoms with E-state index < -0.39 is 5.97 Å². The van der Waals surface area contributed by atoms with Gasteiger partial charge in [0.1, 0.15) is 12.4 Å². The number of rotatable bonds is 5. The van der Waals surface area contributed by atoms with Crippen LogP contribution < -0.4 is 4.74 Å². The molecular formula is C14H14Br2N2O3. The molecule has 1 aromatic heterocycles. The van der Waals surface area contributed by atoms with Crippen LogP contribution in [0.2, 0.25) is 0 Å². The average molecular weight is 418 g/mol. The molecule has 0 saturated heterocycles. The summed E-state index contributed by atoms with van der Waals surface area (Å²) < 4.78 is 9.08. The number of aromatic carboxylic acids is 1. The van der Waals surface area contributed by atoms with Crippen LogP contribution in [0.15, 0.2) is 27.1 Å². The Morgan fingerprint density at radius 3 is 2.67 bits per heavy atom. The number of hydrogen-bond acceptors (Lipinski definition) is 3. The summed E-state index contributed by atoms with van der Waals surface area (Å²) in [6.07, 6.45) is 0.839. The van der Waals surface area contributed by atoms with Crippen LogP contribution in [0.4, 0.5) is 0 Å². The van der Waals surface area contributed by atoms with Crippen LogP contribution in [-0.4, -0.2) is 20.9 Å². The molecule has 21 heavy (non-hydrogen) atoms. The smallest absolute Gasteiger partial charge is 0.335 e. The SMILES string of the molecule is CCc1nn(C)c(COc2ccc(C(=O)O)cc2Br)c1Br. The summed E-state index contributed by atoms with van der Waals surface area (Å²) in [7, 11) is 1.87. The summed E-state index contributed by atoms with van der Waals surface area (Å²) in [4.78, 5) is 10.9. The second kappa shape index (κ2) is 6.62. The van der Waals surface area contributed by atoms with Crippen molar-refractivity contribution in [2.75, 3.05) is 0 Å². The minimum absolute atomic E-state index is 0.212. The van der Waals surface area contributed by atoms with Gasteiger partial charge < -0.3 is 9.84 Å². The number of aromatic nitrogens is 2. The molecule has 2 rings (SSSR count). The summed E-state index contributed by atoms with van der Waals surface area (Å²) in [5.74, 6) is -0.379. The Balaban J connectivity index is 2.17. The lowest BCUT2D eigenvalue weighted by Crippen LogP contribution is -2.04. The highest BCUT2D eigenvalue weighted by molar-refractivity contribution is 9.10. The first kappa shape index (κ1) is 16.0. The predicted molar refractivity (Wildman–Crippen MR) is 85.7 cm³/mol. The van der Waals surface area contributed by atoms with E-state index in [4.69, 9.17) is 9.84 Å². The van der Waals surface area contributed by atoms with Crippen molar-refractivity contribution in [3.8, 4) is 5.75 Å². The summed E-state index contributed by atoms with van der Waals surface area (Å²) in [5.41, 5.74) is 2.13. The van der Waals surface area contributed by atoms with Gasteiger partial charge in [0.2, 0.25) is 0 Å². The van der Waals surface area contributed by atoms with Gasteiger partial charge in [-0.05, 0) is 56.5 Å². The summed E-state index contributed by atoms with van der Waals surface area (Å²) in [6, 6.07) is 4.67. The molecule has 0 radical (unpaired) electrons. The lowest BCUT2D eigenvalue weighted by atomic mass is 10.2. The van der Waals surface area contributed by atoms with Crippen molar-refractivity contribution < 1.29 is 14.6 Å². The third kappa shape index (κ3) is 3.47. The molecule has 0 bridgehead atoms. The molecule has 0 saturated carbocycles. The van der Waals surface area contributed by atoms with Crippen molar-refractivity contribution >= 4 is 37.8 Å². The van der Waals surface area contributed by atoms with E-state index in [9.17, 15) is 4.79 Å². The van der Waals surface area contributed by atoms with Gasteiger partial charge in [-0.3, -0.25) is 4.68 Å². The molecule has 1 heterocycles. The molecule has 0 fully saturated rings. The highest BCUT2D eigenvalue weighted by atomic mass is 79.9. The molecule has 0 spiro atoms. The second-order valence-corrected chi connectivity index (χ2v) is 6.07. The van der Waals surface area contributed by atoms with Gasteiger partial charge in [-0.15, -0.1) is 0 Å². The Morgan fingerprint density at radius 2 is 2.14 bits per heavy atom. The number of halogens is 2. The molecule has 0 atom stereocenters. The number of hydrogen-bond donors (Lipinski definition) is 1. The zero-order valence-electron chi connectivity index (χ0n) is 11.6. The maximum absolute atomic E-state index is 10.9. The van der Waals surface area contributed by atoms with Crippen LogP contribution in [0, 0.1) is 0 Å². The first-order valence-electron chi connectivity index (χ1n) is 6.30. The zero-order valence-corrected chi connectivity index (χ0v) is 14.7. The van der Waals surface area contributed by atoms with E-state index in [1.165, 1.54) is 12.1 Å². The number of nitrogens with zero attached hydrogens (tertiary/aromatic N) is 2. The van der Waals surface area contributed by atoms with Crippen molar-refractivity contribution in [2.24, 2.45) is 7.05 Å². The predicted octanol–water partition coefficient (Wildman–Crippen LogP) is 3.78. The Labute approximate surface area is 139 Å². The van der Waals surface area contributed by atoms with Crippen molar-refractivity contribution in [1.29, 1.82) is 0 Å². The standard InChI is InChI=1S/C14H14Br2N2O3/c1-3-10-13(16)11(18(2)17-10)7-21-12-5-4-8(14(19)20)6-9(12)15/h4-6H,3,7H2,1-2H3,(H,19,20). The Hall–Kier alpha value is -1.34. The van der Waals surface area contributed by atoms with Crippen LogP contribution in [0.3, 0.4) is 0 Å². The average Bonchev–Trinajstić information content (AvgIpc) is 2.72. The summed E-state index contributed by atoms with van der Waals surface area (Å²) >= 11 is 6.85. The molecule has 0 unspecified atom stereocenters. The number of ether oxygens (including phenoxy) is 1. The molecule has 2 aromatic rings. The van der Waals surface area contributed by atoms with Crippen molar-refractivity contribution in [1.82, 2.24) is 9.78 Å². The van der Waals surface area contributed by atoms with E-state index in [1.807, 2.05) is 14.0 Å². The van der Waals surface area contributed by atoms with Gasteiger partial charge in [-0.25, -0.2) is 4.79 Å². The first-order chi connectivity index (χ1) is 9.93. The van der Waals surface area contributed by atoms with Gasteiger partial charge in [0.15, 0.2) is 0 Å². The Morgan fingerprint density at radius 1 is 1.43 bits per heavy atom. The third-order valence-corrected chi connectivity index (χ3v) is 4.58. The third-order valence-electron chi connectivity index (χ3n) is 3.05. The lowest BCUT2D eigenvalue weighted by Gasteiger charge is -2.09. The molecule has 112 valence electrons. The Bertz CT molecular complexity index is 683. The number of carboxylic acid groups (broad SMARTS) is 1. The van der Waals surface area contributed by atoms with E-state index in [0.29, 0.717) is 16.8 Å². The molecule has 0 amide bonds. The number of carboxylic acids is 1. The van der Waals surface area contributed by atoms with Crippen LogP contribution in [0.25, 0.3) is 0 Å². The van der Waals surface area contributed by atoms with E-state index in [1.54, 1.807) is 10.7 Å². The summed E-state index contributed by atoms with van der Waals surface area (Å²) in [5, 5.41) is 13.3. The monoisotopic (exact) mass is 416 g/mol. The zero-order chi connectivity index (χ0) is 15.6. The van der Waals surface area contributed by atoms with E-state index >= 15 is 0 Å². The fourth-order valence-electron chi connectivity index (χ4n) is 1.87. The van der Waals surface area contributed by atoms with E-state index in [0.717, 1.165) is 22.3 Å². The molecule has 7 heteroatoms. The van der Waals surface area contributed by atoms with Crippen LogP contribution in [0.5, 0.6) is 5.75 Å². The van der Waals surface area contributed by atoms with Gasteiger partial charge in [0.25, 0.3) is 0 Å². The number of aryl methyl sites for hydroxylation is 2. The normalized spacial score (nSPS) is 10.7. The fourth-order valence-corrected chi connectivity index (χ4v) is 3.10. The number of benzene rings is 1. The molecule has 1 N–H and O–H groups in total. The molecule has 0 aliphatic carbocycles. The van der Waals surface area contributed by atoms with Crippen LogP contribution in [0.1, 0.15) is 28.7 Å². The van der Waals surface area contributed by atoms with Gasteiger partial charge in [0.05, 0.1) is 25.9 Å². The topological polar surface area (TPSA) is 64.4 Å². The fraction of sp³-hybridized carbons (Fsp3) is 0.286. The molecule has 0 aliphatic rings. The maximum atomic E-state index is 10.9. The van der Waals surface area contributed by atoms with Gasteiger partial charge in [0, 0.05) is 7.05 Å². The minimum atomic E-state index is -0.968. The molecule has 0 aliphatic heterocycles. The molecule has 1 aromatic carbocycles.